The molecular weight excluding hydrogens is 192 g/mol. The van der Waals surface area contributed by atoms with Gasteiger partial charge in [-0.15, -0.1) is 0 Å². The Kier molecular flexibility index (Phi) is 2.40. The maximum absolute atomic E-state index is 8.95. The summed E-state index contributed by atoms with van der Waals surface area (Å²) < 4.78 is 10.3. The first-order valence-corrected chi connectivity index (χ1v) is 4.32. The van der Waals surface area contributed by atoms with Crippen LogP contribution >= 0.6 is 11.6 Å². The molecule has 3 nitrogen and oxygen atoms in total. The van der Waals surface area contributed by atoms with E-state index in [1.54, 1.807) is 12.1 Å². The Hall–Kier alpha value is -0.770. The van der Waals surface area contributed by atoms with E-state index >= 15 is 0 Å². The summed E-state index contributed by atoms with van der Waals surface area (Å²) in [5.74, 6) is 0.750. The molecule has 0 aromatic heterocycles. The van der Waals surface area contributed by atoms with Crippen LogP contribution in [0.25, 0.3) is 0 Å². The van der Waals surface area contributed by atoms with Crippen molar-refractivity contribution in [3.8, 4) is 5.75 Å². The van der Waals surface area contributed by atoms with Gasteiger partial charge in [-0.05, 0) is 17.7 Å². The average molecular weight is 201 g/mol. The fourth-order valence-corrected chi connectivity index (χ4v) is 1.51. The summed E-state index contributed by atoms with van der Waals surface area (Å²) in [4.78, 5) is 0. The van der Waals surface area contributed by atoms with Crippen molar-refractivity contribution in [3.05, 3.63) is 28.3 Å². The molecule has 1 aliphatic rings. The van der Waals surface area contributed by atoms with Crippen LogP contribution in [0.1, 0.15) is 11.1 Å². The number of rotatable bonds is 1. The highest BCUT2D eigenvalue weighted by Crippen LogP contribution is 2.29. The molecular formula is C9H9ClO3. The normalized spacial score (nSPS) is 14.9. The van der Waals surface area contributed by atoms with E-state index in [0.29, 0.717) is 17.2 Å². The summed E-state index contributed by atoms with van der Waals surface area (Å²) in [7, 11) is 0. The van der Waals surface area contributed by atoms with Gasteiger partial charge in [0.25, 0.3) is 0 Å². The van der Waals surface area contributed by atoms with E-state index < -0.39 is 0 Å². The van der Waals surface area contributed by atoms with E-state index in [-0.39, 0.29) is 13.4 Å². The number of halogens is 1. The Balaban J connectivity index is 2.44. The smallest absolute Gasteiger partial charge is 0.189 e. The van der Waals surface area contributed by atoms with E-state index in [9.17, 15) is 0 Å². The lowest BCUT2D eigenvalue weighted by atomic mass is 10.1. The number of hydrogen-bond acceptors (Lipinski definition) is 3. The number of benzene rings is 1. The predicted molar refractivity (Wildman–Crippen MR) is 47.7 cm³/mol. The summed E-state index contributed by atoms with van der Waals surface area (Å²) in [5.41, 5.74) is 1.61. The molecule has 0 saturated heterocycles. The van der Waals surface area contributed by atoms with Crippen LogP contribution in [-0.2, 0) is 18.0 Å². The van der Waals surface area contributed by atoms with Crippen molar-refractivity contribution in [2.75, 3.05) is 6.79 Å². The topological polar surface area (TPSA) is 38.7 Å². The molecule has 1 aromatic carbocycles. The number of hydrogen-bond donors (Lipinski definition) is 1. The summed E-state index contributed by atoms with van der Waals surface area (Å²) in [6, 6.07) is 3.52. The van der Waals surface area contributed by atoms with Crippen molar-refractivity contribution in [2.24, 2.45) is 0 Å². The lowest BCUT2D eigenvalue weighted by Gasteiger charge is -2.18. The first-order chi connectivity index (χ1) is 6.31. The van der Waals surface area contributed by atoms with Gasteiger partial charge in [0.2, 0.25) is 0 Å². The highest BCUT2D eigenvalue weighted by atomic mass is 35.5. The van der Waals surface area contributed by atoms with E-state index in [1.807, 2.05) is 0 Å². The zero-order valence-electron chi connectivity index (χ0n) is 6.92. The van der Waals surface area contributed by atoms with Gasteiger partial charge in [0.15, 0.2) is 6.79 Å². The molecule has 13 heavy (non-hydrogen) atoms. The lowest BCUT2D eigenvalue weighted by Crippen LogP contribution is -2.11. The fraction of sp³-hybridized carbons (Fsp3) is 0.333. The van der Waals surface area contributed by atoms with Crippen LogP contribution in [0, 0.1) is 0 Å². The second-order valence-electron chi connectivity index (χ2n) is 2.82. The van der Waals surface area contributed by atoms with Crippen LogP contribution < -0.4 is 4.74 Å². The average Bonchev–Trinajstić information content (AvgIpc) is 2.17. The maximum atomic E-state index is 8.95. The Morgan fingerprint density at radius 1 is 1.46 bits per heavy atom. The van der Waals surface area contributed by atoms with Gasteiger partial charge in [0, 0.05) is 10.6 Å². The highest BCUT2D eigenvalue weighted by Gasteiger charge is 2.13. The fourth-order valence-electron chi connectivity index (χ4n) is 1.26. The van der Waals surface area contributed by atoms with Gasteiger partial charge in [-0.1, -0.05) is 11.6 Å². The van der Waals surface area contributed by atoms with Crippen LogP contribution in [0.4, 0.5) is 0 Å². The van der Waals surface area contributed by atoms with Gasteiger partial charge in [-0.2, -0.15) is 0 Å². The van der Waals surface area contributed by atoms with Crippen molar-refractivity contribution in [2.45, 2.75) is 13.2 Å². The Labute approximate surface area is 80.8 Å². The Bertz CT molecular complexity index is 325. The van der Waals surface area contributed by atoms with Crippen molar-refractivity contribution >= 4 is 11.6 Å². The van der Waals surface area contributed by atoms with E-state index in [4.69, 9.17) is 26.2 Å². The summed E-state index contributed by atoms with van der Waals surface area (Å²) >= 11 is 5.89. The van der Waals surface area contributed by atoms with Crippen LogP contribution in [0.15, 0.2) is 12.1 Å². The van der Waals surface area contributed by atoms with Gasteiger partial charge in [-0.3, -0.25) is 0 Å². The SMILES string of the molecule is OCc1cc2c(cc1Cl)COCO2. The molecule has 1 aliphatic heterocycles. The maximum Gasteiger partial charge on any atom is 0.189 e. The summed E-state index contributed by atoms with van der Waals surface area (Å²) in [5, 5.41) is 9.50. The molecule has 0 radical (unpaired) electrons. The first-order valence-electron chi connectivity index (χ1n) is 3.94. The number of fused-ring (bicyclic) bond motifs is 1. The monoisotopic (exact) mass is 200 g/mol. The third-order valence-electron chi connectivity index (χ3n) is 1.96. The van der Waals surface area contributed by atoms with Crippen LogP contribution in [-0.4, -0.2) is 11.9 Å². The van der Waals surface area contributed by atoms with E-state index in [2.05, 4.69) is 0 Å². The second kappa shape index (κ2) is 3.54. The molecule has 0 fully saturated rings. The molecule has 4 heteroatoms. The molecule has 70 valence electrons. The minimum atomic E-state index is -0.0731. The molecule has 0 spiro atoms. The molecule has 2 rings (SSSR count). The van der Waals surface area contributed by atoms with Gasteiger partial charge in [-0.25, -0.2) is 0 Å². The molecule has 0 unspecified atom stereocenters. The summed E-state index contributed by atoms with van der Waals surface area (Å²) in [6.07, 6.45) is 0. The Morgan fingerprint density at radius 2 is 2.31 bits per heavy atom. The standard InChI is InChI=1S/C9H9ClO3/c10-8-1-7-4-12-5-13-9(7)2-6(8)3-11/h1-2,11H,3-5H2. The van der Waals surface area contributed by atoms with Crippen LogP contribution in [0.2, 0.25) is 5.02 Å². The highest BCUT2D eigenvalue weighted by molar-refractivity contribution is 6.31. The third kappa shape index (κ3) is 1.63. The second-order valence-corrected chi connectivity index (χ2v) is 3.23. The molecule has 1 N–H and O–H groups in total. The molecule has 0 saturated carbocycles. The molecule has 1 heterocycles. The third-order valence-corrected chi connectivity index (χ3v) is 2.31. The van der Waals surface area contributed by atoms with E-state index in [0.717, 1.165) is 11.3 Å². The van der Waals surface area contributed by atoms with Gasteiger partial charge >= 0.3 is 0 Å². The van der Waals surface area contributed by atoms with Gasteiger partial charge in [0.1, 0.15) is 5.75 Å². The van der Waals surface area contributed by atoms with Crippen LogP contribution in [0.3, 0.4) is 0 Å². The first kappa shape index (κ1) is 8.81. The Morgan fingerprint density at radius 3 is 3.08 bits per heavy atom. The zero-order valence-corrected chi connectivity index (χ0v) is 7.67. The molecule has 0 aliphatic carbocycles. The molecule has 0 amide bonds. The van der Waals surface area contributed by atoms with Gasteiger partial charge < -0.3 is 14.6 Å². The minimum absolute atomic E-state index is 0.0731. The number of ether oxygens (including phenoxy) is 2. The molecule has 0 atom stereocenters. The van der Waals surface area contributed by atoms with Crippen LogP contribution in [0.5, 0.6) is 5.75 Å². The summed E-state index contributed by atoms with van der Waals surface area (Å²) in [6.45, 7) is 0.705. The van der Waals surface area contributed by atoms with Gasteiger partial charge in [0.05, 0.1) is 13.2 Å². The zero-order chi connectivity index (χ0) is 9.26. The minimum Gasteiger partial charge on any atom is -0.467 e. The number of aliphatic hydroxyl groups is 1. The quantitative estimate of drug-likeness (QED) is 0.750. The van der Waals surface area contributed by atoms with Crippen molar-refractivity contribution < 1.29 is 14.6 Å². The van der Waals surface area contributed by atoms with E-state index in [1.165, 1.54) is 0 Å². The molecule has 0 bridgehead atoms. The predicted octanol–water partition coefficient (Wildman–Crippen LogP) is 1.70. The van der Waals surface area contributed by atoms with Crippen molar-refractivity contribution in [1.82, 2.24) is 0 Å². The lowest BCUT2D eigenvalue weighted by molar-refractivity contribution is -0.0164. The molecule has 1 aromatic rings. The van der Waals surface area contributed by atoms with Crippen molar-refractivity contribution in [1.29, 1.82) is 0 Å². The largest absolute Gasteiger partial charge is 0.467 e. The van der Waals surface area contributed by atoms with Crippen molar-refractivity contribution in [3.63, 3.8) is 0 Å². The number of aliphatic hydroxyl groups excluding tert-OH is 1.